The largest absolute Gasteiger partial charge is 0.490 e. The number of carbonyl (C=O) groups is 2. The summed E-state index contributed by atoms with van der Waals surface area (Å²) in [5, 5.41) is 13.7. The number of nitrogens with one attached hydrogen (secondary N) is 1. The van der Waals surface area contributed by atoms with E-state index in [4.69, 9.17) is 9.47 Å². The van der Waals surface area contributed by atoms with Gasteiger partial charge in [-0.05, 0) is 17.7 Å². The Morgan fingerprint density at radius 1 is 1.08 bits per heavy atom. The van der Waals surface area contributed by atoms with Crippen molar-refractivity contribution >= 4 is 17.5 Å². The maximum Gasteiger partial charge on any atom is 0.311 e. The molecule has 0 fully saturated rings. The van der Waals surface area contributed by atoms with Crippen LogP contribution in [0.4, 0.5) is 10.1 Å². The topological polar surface area (TPSA) is 111 Å². The number of nitro benzene ring substituents is 1. The van der Waals surface area contributed by atoms with Gasteiger partial charge in [0.05, 0.1) is 12.0 Å². The van der Waals surface area contributed by atoms with E-state index in [9.17, 15) is 24.1 Å². The average molecular weight is 496 g/mol. The van der Waals surface area contributed by atoms with Crippen LogP contribution in [0.2, 0.25) is 0 Å². The molecule has 36 heavy (non-hydrogen) atoms. The molecule has 0 aliphatic carbocycles. The summed E-state index contributed by atoms with van der Waals surface area (Å²) < 4.78 is 25.1. The number of halogens is 1. The van der Waals surface area contributed by atoms with Crippen molar-refractivity contribution in [1.29, 1.82) is 0 Å². The van der Waals surface area contributed by atoms with Gasteiger partial charge in [0.15, 0.2) is 6.61 Å². The fraction of sp³-hybridized carbons (Fsp3) is 0.231. The summed E-state index contributed by atoms with van der Waals surface area (Å²) in [6.45, 7) is -0.652. The highest BCUT2D eigenvalue weighted by molar-refractivity contribution is 5.88. The second-order valence-electron chi connectivity index (χ2n) is 7.81. The molecule has 2 amide bonds. The summed E-state index contributed by atoms with van der Waals surface area (Å²) in [4.78, 5) is 38.0. The van der Waals surface area contributed by atoms with Gasteiger partial charge in [0.25, 0.3) is 5.91 Å². The molecule has 0 aliphatic heterocycles. The molecule has 0 aromatic heterocycles. The van der Waals surface area contributed by atoms with Crippen LogP contribution >= 0.6 is 0 Å². The number of hydrogen-bond acceptors (Lipinski definition) is 6. The smallest absolute Gasteiger partial charge is 0.311 e. The number of nitrogens with zero attached hydrogens (tertiary/aromatic N) is 2. The van der Waals surface area contributed by atoms with E-state index < -0.39 is 35.2 Å². The van der Waals surface area contributed by atoms with Crippen molar-refractivity contribution in [3.8, 4) is 11.5 Å². The third-order valence-electron chi connectivity index (χ3n) is 5.53. The monoisotopic (exact) mass is 495 g/mol. The Morgan fingerprint density at radius 2 is 1.78 bits per heavy atom. The fourth-order valence-corrected chi connectivity index (χ4v) is 3.66. The molecule has 0 spiro atoms. The highest BCUT2D eigenvalue weighted by Gasteiger charge is 2.30. The number of rotatable bonds is 11. The zero-order chi connectivity index (χ0) is 26.1. The Hall–Kier alpha value is -4.47. The summed E-state index contributed by atoms with van der Waals surface area (Å²) in [6, 6.07) is 18.1. The standard InChI is InChI=1S/C26H26FN3O6/c1-28-26(32)23(14-18-8-4-3-5-9-18)29(16-19-10-6-7-11-21(19)27)25(31)17-36-20-12-13-22(30(33)34)24(15-20)35-2/h3-13,15,23H,14,16-17H2,1-2H3,(H,28,32)/t23-/m0/s1. The molecule has 0 aliphatic rings. The lowest BCUT2D eigenvalue weighted by Gasteiger charge is -2.31. The van der Waals surface area contributed by atoms with Gasteiger partial charge in [-0.3, -0.25) is 19.7 Å². The molecule has 1 atom stereocenters. The summed E-state index contributed by atoms with van der Waals surface area (Å²) >= 11 is 0. The van der Waals surface area contributed by atoms with Crippen LogP contribution in [0.3, 0.4) is 0 Å². The van der Waals surface area contributed by atoms with Crippen molar-refractivity contribution in [1.82, 2.24) is 10.2 Å². The minimum atomic E-state index is -0.945. The van der Waals surface area contributed by atoms with Crippen molar-refractivity contribution in [2.75, 3.05) is 20.8 Å². The van der Waals surface area contributed by atoms with Gasteiger partial charge in [0.1, 0.15) is 17.6 Å². The zero-order valence-corrected chi connectivity index (χ0v) is 19.8. The van der Waals surface area contributed by atoms with Gasteiger partial charge in [-0.15, -0.1) is 0 Å². The maximum absolute atomic E-state index is 14.5. The normalized spacial score (nSPS) is 11.3. The molecule has 3 rings (SSSR count). The number of nitro groups is 1. The van der Waals surface area contributed by atoms with Crippen LogP contribution in [0, 0.1) is 15.9 Å². The molecular formula is C26H26FN3O6. The molecule has 0 saturated carbocycles. The van der Waals surface area contributed by atoms with E-state index in [1.54, 1.807) is 12.1 Å². The lowest BCUT2D eigenvalue weighted by molar-refractivity contribution is -0.385. The van der Waals surface area contributed by atoms with Crippen LogP contribution in [-0.4, -0.2) is 48.4 Å². The zero-order valence-electron chi connectivity index (χ0n) is 19.8. The number of likely N-dealkylation sites (N-methyl/N-ethyl adjacent to an activating group) is 1. The Bertz CT molecular complexity index is 1220. The quantitative estimate of drug-likeness (QED) is 0.322. The highest BCUT2D eigenvalue weighted by Crippen LogP contribution is 2.30. The number of benzene rings is 3. The summed E-state index contributed by atoms with van der Waals surface area (Å²) in [6.07, 6.45) is 0.200. The Labute approximate surface area is 207 Å². The van der Waals surface area contributed by atoms with E-state index in [1.165, 1.54) is 49.4 Å². The predicted octanol–water partition coefficient (Wildman–Crippen LogP) is 3.51. The number of hydrogen-bond donors (Lipinski definition) is 1. The van der Waals surface area contributed by atoms with Crippen LogP contribution in [-0.2, 0) is 22.6 Å². The molecule has 0 bridgehead atoms. The first-order chi connectivity index (χ1) is 17.3. The molecule has 188 valence electrons. The van der Waals surface area contributed by atoms with Crippen molar-refractivity contribution in [3.63, 3.8) is 0 Å². The second kappa shape index (κ2) is 12.3. The number of amides is 2. The number of ether oxygens (including phenoxy) is 2. The minimum Gasteiger partial charge on any atom is -0.490 e. The summed E-state index contributed by atoms with van der Waals surface area (Å²) in [7, 11) is 2.75. The van der Waals surface area contributed by atoms with E-state index in [0.717, 1.165) is 5.56 Å². The van der Waals surface area contributed by atoms with Crippen LogP contribution in [0.1, 0.15) is 11.1 Å². The van der Waals surface area contributed by atoms with Gasteiger partial charge in [0, 0.05) is 37.7 Å². The first kappa shape index (κ1) is 26.1. The molecule has 0 heterocycles. The molecule has 10 heteroatoms. The van der Waals surface area contributed by atoms with Crippen LogP contribution in [0.25, 0.3) is 0 Å². The lowest BCUT2D eigenvalue weighted by atomic mass is 10.0. The SMILES string of the molecule is CNC(=O)[C@H](Cc1ccccc1)N(Cc1ccccc1F)C(=O)COc1ccc([N+](=O)[O-])c(OC)c1. The molecule has 3 aromatic carbocycles. The molecule has 3 aromatic rings. The molecule has 0 radical (unpaired) electrons. The molecule has 1 N–H and O–H groups in total. The summed E-state index contributed by atoms with van der Waals surface area (Å²) in [5.41, 5.74) is 0.808. The third-order valence-corrected chi connectivity index (χ3v) is 5.53. The first-order valence-electron chi connectivity index (χ1n) is 11.1. The van der Waals surface area contributed by atoms with E-state index >= 15 is 0 Å². The van der Waals surface area contributed by atoms with Crippen molar-refractivity contribution in [3.05, 3.63) is 99.9 Å². The second-order valence-corrected chi connectivity index (χ2v) is 7.81. The van der Waals surface area contributed by atoms with Crippen molar-refractivity contribution in [2.24, 2.45) is 0 Å². The maximum atomic E-state index is 14.5. The van der Waals surface area contributed by atoms with E-state index in [-0.39, 0.29) is 35.7 Å². The van der Waals surface area contributed by atoms with Gasteiger partial charge in [0.2, 0.25) is 11.7 Å². The Morgan fingerprint density at radius 3 is 2.42 bits per heavy atom. The first-order valence-corrected chi connectivity index (χ1v) is 11.1. The van der Waals surface area contributed by atoms with E-state index in [0.29, 0.717) is 0 Å². The van der Waals surface area contributed by atoms with Crippen molar-refractivity contribution in [2.45, 2.75) is 19.0 Å². The van der Waals surface area contributed by atoms with E-state index in [1.807, 2.05) is 30.3 Å². The molecule has 0 saturated heterocycles. The predicted molar refractivity (Wildman–Crippen MR) is 130 cm³/mol. The number of carbonyl (C=O) groups excluding carboxylic acids is 2. The van der Waals surface area contributed by atoms with Gasteiger partial charge in [-0.25, -0.2) is 4.39 Å². The average Bonchev–Trinajstić information content (AvgIpc) is 2.90. The van der Waals surface area contributed by atoms with E-state index in [2.05, 4.69) is 5.32 Å². The minimum absolute atomic E-state index is 0.0273. The fourth-order valence-electron chi connectivity index (χ4n) is 3.66. The molecule has 0 unspecified atom stereocenters. The summed E-state index contributed by atoms with van der Waals surface area (Å²) in [5.74, 6) is -1.36. The van der Waals surface area contributed by atoms with Gasteiger partial charge < -0.3 is 19.7 Å². The third kappa shape index (κ3) is 6.56. The lowest BCUT2D eigenvalue weighted by Crippen LogP contribution is -2.51. The number of methoxy groups -OCH3 is 1. The highest BCUT2D eigenvalue weighted by atomic mass is 19.1. The van der Waals surface area contributed by atoms with Gasteiger partial charge >= 0.3 is 5.69 Å². The van der Waals surface area contributed by atoms with Gasteiger partial charge in [-0.2, -0.15) is 0 Å². The van der Waals surface area contributed by atoms with Crippen LogP contribution in [0.15, 0.2) is 72.8 Å². The molecular weight excluding hydrogens is 469 g/mol. The van der Waals surface area contributed by atoms with Crippen molar-refractivity contribution < 1.29 is 28.4 Å². The molecule has 9 nitrogen and oxygen atoms in total. The Balaban J connectivity index is 1.89. The van der Waals surface area contributed by atoms with Gasteiger partial charge in [-0.1, -0.05) is 48.5 Å². The Kier molecular flexibility index (Phi) is 8.93. The van der Waals surface area contributed by atoms with Crippen LogP contribution < -0.4 is 14.8 Å². The van der Waals surface area contributed by atoms with Crippen LogP contribution in [0.5, 0.6) is 11.5 Å².